The summed E-state index contributed by atoms with van der Waals surface area (Å²) >= 11 is 0. The number of carbonyl (C=O) groups is 5. The van der Waals surface area contributed by atoms with Crippen LogP contribution in [0, 0.1) is 5.92 Å². The standard InChI is InChI=1S/C37H51N5O10S/c1-35(2,3)52-33(46)38-28-15-9-7-5-6-8-14-26-19-37(26,32(45)40-53(48,49)36(16-17-36)23-50-4)39-30(43)29-18-27(22-42(29)31(28)44)51-34(47)41-20-24-12-10-11-13-25(24)21-41/h8,10-14,26-29H,5-7,9,15-23H2,1-4H3,(H,38,46)(H,39,43)(H,40,45)/b14-8-/t26-,27-,28+,29+,37-/m1/s1. The van der Waals surface area contributed by atoms with E-state index in [-0.39, 0.29) is 32.4 Å². The molecule has 0 aromatic heterocycles. The summed E-state index contributed by atoms with van der Waals surface area (Å²) in [4.78, 5) is 71.7. The molecule has 0 bridgehead atoms. The van der Waals surface area contributed by atoms with Crippen LogP contribution in [0.5, 0.6) is 0 Å². The van der Waals surface area contributed by atoms with Crippen LogP contribution in [0.1, 0.15) is 89.7 Å². The Kier molecular flexibility index (Phi) is 10.9. The molecule has 0 radical (unpaired) electrons. The molecule has 3 fully saturated rings. The molecular formula is C37H51N5O10S. The fourth-order valence-corrected chi connectivity index (χ4v) is 9.06. The van der Waals surface area contributed by atoms with Gasteiger partial charge < -0.3 is 29.7 Å². The van der Waals surface area contributed by atoms with Gasteiger partial charge in [0, 0.05) is 32.5 Å². The van der Waals surface area contributed by atoms with Crippen LogP contribution in [-0.4, -0.2) is 102 Å². The Morgan fingerprint density at radius 3 is 2.38 bits per heavy atom. The predicted molar refractivity (Wildman–Crippen MR) is 191 cm³/mol. The van der Waals surface area contributed by atoms with E-state index in [2.05, 4.69) is 15.4 Å². The highest BCUT2D eigenvalue weighted by molar-refractivity contribution is 7.91. The number of hydrogen-bond acceptors (Lipinski definition) is 10. The Labute approximate surface area is 310 Å². The van der Waals surface area contributed by atoms with Crippen molar-refractivity contribution in [1.82, 2.24) is 25.2 Å². The van der Waals surface area contributed by atoms with Gasteiger partial charge in [0.1, 0.15) is 34.1 Å². The number of nitrogens with zero attached hydrogens (tertiary/aromatic N) is 2. The highest BCUT2D eigenvalue weighted by Gasteiger charge is 2.64. The number of hydrogen-bond donors (Lipinski definition) is 3. The molecule has 5 amide bonds. The minimum Gasteiger partial charge on any atom is -0.444 e. The SMILES string of the molecule is COCC1(S(=O)(=O)NC(=O)[C@@]23C[C@H]2/C=C\CCCCC[C@H](NC(=O)OC(C)(C)C)C(=O)N2C[C@H](OC(=O)N4Cc5ccccc5C4)C[C@H]2C(=O)N3)CC1. The lowest BCUT2D eigenvalue weighted by Gasteiger charge is -2.30. The maximum absolute atomic E-state index is 14.4. The van der Waals surface area contributed by atoms with E-state index in [0.717, 1.165) is 24.0 Å². The fraction of sp³-hybridized carbons (Fsp3) is 0.649. The number of alkyl carbamates (subject to hydrolysis) is 1. The van der Waals surface area contributed by atoms with E-state index in [1.165, 1.54) is 12.0 Å². The van der Waals surface area contributed by atoms with Gasteiger partial charge in [-0.3, -0.25) is 24.0 Å². The molecule has 15 nitrogen and oxygen atoms in total. The first kappa shape index (κ1) is 38.5. The maximum Gasteiger partial charge on any atom is 0.410 e. The molecule has 1 aromatic rings. The van der Waals surface area contributed by atoms with Crippen molar-refractivity contribution in [3.05, 3.63) is 47.5 Å². The summed E-state index contributed by atoms with van der Waals surface area (Å²) in [6.45, 7) is 5.64. The smallest absolute Gasteiger partial charge is 0.410 e. The van der Waals surface area contributed by atoms with Crippen molar-refractivity contribution in [3.8, 4) is 0 Å². The third-order valence-corrected chi connectivity index (χ3v) is 12.8. The molecule has 290 valence electrons. The van der Waals surface area contributed by atoms with E-state index in [9.17, 15) is 32.4 Å². The van der Waals surface area contributed by atoms with E-state index >= 15 is 0 Å². The third-order valence-electron chi connectivity index (χ3n) is 10.7. The van der Waals surface area contributed by atoms with Crippen molar-refractivity contribution >= 4 is 39.9 Å². The first-order chi connectivity index (χ1) is 25.1. The summed E-state index contributed by atoms with van der Waals surface area (Å²) in [5.41, 5.74) is -0.399. The number of nitrogens with one attached hydrogen (secondary N) is 3. The number of amides is 5. The van der Waals surface area contributed by atoms with Crippen LogP contribution >= 0.6 is 0 Å². The summed E-state index contributed by atoms with van der Waals surface area (Å²) in [5.74, 6) is -2.59. The minimum absolute atomic E-state index is 0.0699. The lowest BCUT2D eigenvalue weighted by Crippen LogP contribution is -2.59. The van der Waals surface area contributed by atoms with Crippen molar-refractivity contribution in [2.45, 2.75) is 126 Å². The molecule has 6 rings (SSSR count). The zero-order valence-electron chi connectivity index (χ0n) is 30.9. The molecule has 0 unspecified atom stereocenters. The van der Waals surface area contributed by atoms with Gasteiger partial charge in [-0.05, 0) is 70.4 Å². The van der Waals surface area contributed by atoms with E-state index < -0.39 is 79.9 Å². The summed E-state index contributed by atoms with van der Waals surface area (Å²) in [5, 5.41) is 5.53. The number of allylic oxidation sites excluding steroid dienone is 1. The molecule has 53 heavy (non-hydrogen) atoms. The Balaban J connectivity index is 1.25. The van der Waals surface area contributed by atoms with Gasteiger partial charge >= 0.3 is 12.2 Å². The van der Waals surface area contributed by atoms with Crippen molar-refractivity contribution in [1.29, 1.82) is 0 Å². The van der Waals surface area contributed by atoms with E-state index in [0.29, 0.717) is 38.8 Å². The topological polar surface area (TPSA) is 190 Å². The molecule has 1 aromatic carbocycles. The van der Waals surface area contributed by atoms with Crippen LogP contribution in [0.25, 0.3) is 0 Å². The number of ether oxygens (including phenoxy) is 3. The highest BCUT2D eigenvalue weighted by atomic mass is 32.2. The molecule has 0 spiro atoms. The fourth-order valence-electron chi connectivity index (χ4n) is 7.51. The number of fused-ring (bicyclic) bond motifs is 3. The lowest BCUT2D eigenvalue weighted by molar-refractivity contribution is -0.141. The van der Waals surface area contributed by atoms with Crippen LogP contribution in [-0.2, 0) is 51.7 Å². The Hall–Kier alpha value is -4.18. The summed E-state index contributed by atoms with van der Waals surface area (Å²) in [6, 6.07) is 5.43. The van der Waals surface area contributed by atoms with Gasteiger partial charge in [-0.1, -0.05) is 49.3 Å². The maximum atomic E-state index is 14.4. The molecule has 2 aliphatic carbocycles. The van der Waals surface area contributed by atoms with Gasteiger partial charge in [-0.15, -0.1) is 0 Å². The molecule has 5 aliphatic rings. The average molecular weight is 758 g/mol. The molecule has 3 heterocycles. The minimum atomic E-state index is -4.14. The summed E-state index contributed by atoms with van der Waals surface area (Å²) in [7, 11) is -2.74. The second-order valence-corrected chi connectivity index (χ2v) is 18.0. The number of sulfonamides is 1. The van der Waals surface area contributed by atoms with Gasteiger partial charge in [0.25, 0.3) is 5.91 Å². The van der Waals surface area contributed by atoms with Crippen molar-refractivity contribution in [2.24, 2.45) is 5.92 Å². The first-order valence-corrected chi connectivity index (χ1v) is 19.9. The van der Waals surface area contributed by atoms with Gasteiger partial charge in [0.05, 0.1) is 13.2 Å². The highest BCUT2D eigenvalue weighted by Crippen LogP contribution is 2.48. The predicted octanol–water partition coefficient (Wildman–Crippen LogP) is 3.02. The summed E-state index contributed by atoms with van der Waals surface area (Å²) in [6.07, 6.45) is 5.30. The number of methoxy groups -OCH3 is 1. The quantitative estimate of drug-likeness (QED) is 0.349. The summed E-state index contributed by atoms with van der Waals surface area (Å²) < 4.78 is 44.3. The van der Waals surface area contributed by atoms with Gasteiger partial charge in [0.15, 0.2) is 0 Å². The Bertz CT molecular complexity index is 1730. The van der Waals surface area contributed by atoms with Gasteiger partial charge in [-0.25, -0.2) is 18.0 Å². The van der Waals surface area contributed by atoms with Crippen LogP contribution < -0.4 is 15.4 Å². The molecule has 2 saturated carbocycles. The van der Waals surface area contributed by atoms with E-state index in [4.69, 9.17) is 14.2 Å². The third kappa shape index (κ3) is 8.48. The zero-order chi connectivity index (χ0) is 38.2. The van der Waals surface area contributed by atoms with Crippen molar-refractivity contribution in [3.63, 3.8) is 0 Å². The lowest BCUT2D eigenvalue weighted by atomic mass is 10.0. The normalized spacial score (nSPS) is 28.9. The van der Waals surface area contributed by atoms with Gasteiger partial charge in [0.2, 0.25) is 21.8 Å². The largest absolute Gasteiger partial charge is 0.444 e. The van der Waals surface area contributed by atoms with Crippen LogP contribution in [0.4, 0.5) is 9.59 Å². The molecule has 5 atom stereocenters. The van der Waals surface area contributed by atoms with Crippen LogP contribution in [0.15, 0.2) is 36.4 Å². The van der Waals surface area contributed by atoms with Crippen molar-refractivity contribution in [2.75, 3.05) is 20.3 Å². The number of rotatable bonds is 7. The van der Waals surface area contributed by atoms with E-state index in [1.807, 2.05) is 36.4 Å². The first-order valence-electron chi connectivity index (χ1n) is 18.4. The molecule has 1 saturated heterocycles. The second kappa shape index (κ2) is 14.9. The molecule has 16 heteroatoms. The zero-order valence-corrected chi connectivity index (χ0v) is 31.7. The second-order valence-electron chi connectivity index (χ2n) is 16.0. The monoisotopic (exact) mass is 757 g/mol. The van der Waals surface area contributed by atoms with Gasteiger partial charge in [-0.2, -0.15) is 0 Å². The van der Waals surface area contributed by atoms with Crippen molar-refractivity contribution < 1.29 is 46.6 Å². The Morgan fingerprint density at radius 2 is 1.74 bits per heavy atom. The molecule has 3 N–H and O–H groups in total. The number of carbonyl (C=O) groups excluding carboxylic acids is 5. The molecular weight excluding hydrogens is 706 g/mol. The van der Waals surface area contributed by atoms with Crippen LogP contribution in [0.3, 0.4) is 0 Å². The van der Waals surface area contributed by atoms with E-state index in [1.54, 1.807) is 25.7 Å². The average Bonchev–Trinajstić information content (AvgIpc) is 3.91. The van der Waals surface area contributed by atoms with Crippen LogP contribution in [0.2, 0.25) is 0 Å². The Morgan fingerprint density at radius 1 is 1.04 bits per heavy atom. The number of benzene rings is 1. The molecule has 3 aliphatic heterocycles.